The van der Waals surface area contributed by atoms with E-state index in [1.165, 1.54) is 6.42 Å². The highest BCUT2D eigenvalue weighted by molar-refractivity contribution is 9.12. The van der Waals surface area contributed by atoms with E-state index in [1.807, 2.05) is 0 Å². The molecule has 1 rings (SSSR count). The fourth-order valence-corrected chi connectivity index (χ4v) is 1.44. The third-order valence-electron chi connectivity index (χ3n) is 0.640. The number of rotatable bonds is 0. The van der Waals surface area contributed by atoms with E-state index in [1.54, 1.807) is 0 Å². The van der Waals surface area contributed by atoms with Crippen LogP contribution in [0.5, 0.6) is 0 Å². The lowest BCUT2D eigenvalue weighted by Crippen LogP contribution is -1.61. The van der Waals surface area contributed by atoms with Crippen molar-refractivity contribution in [3.63, 3.8) is 0 Å². The summed E-state index contributed by atoms with van der Waals surface area (Å²) in [5.41, 5.74) is 0. The molecule has 0 unspecified atom stereocenters. The molecule has 0 nitrogen and oxygen atoms in total. The lowest BCUT2D eigenvalue weighted by Gasteiger charge is -1.62. The van der Waals surface area contributed by atoms with Gasteiger partial charge in [-0.1, -0.05) is 31.9 Å². The summed E-state index contributed by atoms with van der Waals surface area (Å²) in [4.78, 5) is 1.56. The Labute approximate surface area is 48.2 Å². The summed E-state index contributed by atoms with van der Waals surface area (Å²) in [7, 11) is 0. The van der Waals surface area contributed by atoms with Crippen LogP contribution in [-0.4, -0.2) is 9.65 Å². The predicted octanol–water partition coefficient (Wildman–Crippen LogP) is 1.92. The Morgan fingerprint density at radius 1 is 1.20 bits per heavy atom. The molecule has 2 heteroatoms. The molecule has 30 valence electrons. The first kappa shape index (κ1) is 4.13. The van der Waals surface area contributed by atoms with Crippen LogP contribution in [0, 0.1) is 0 Å². The van der Waals surface area contributed by atoms with Crippen molar-refractivity contribution in [1.82, 2.24) is 0 Å². The zero-order valence-electron chi connectivity index (χ0n) is 2.62. The minimum atomic E-state index is 0.780. The quantitative estimate of drug-likeness (QED) is 0.524. The normalized spacial score (nSPS) is 49.2. The first-order chi connectivity index (χ1) is 2.30. The van der Waals surface area contributed by atoms with Crippen molar-refractivity contribution in [3.8, 4) is 0 Å². The van der Waals surface area contributed by atoms with E-state index < -0.39 is 0 Å². The monoisotopic (exact) mass is 198 g/mol. The van der Waals surface area contributed by atoms with Crippen molar-refractivity contribution in [3.05, 3.63) is 0 Å². The van der Waals surface area contributed by atoms with E-state index in [9.17, 15) is 0 Å². The molecule has 0 heterocycles. The van der Waals surface area contributed by atoms with Gasteiger partial charge in [0.2, 0.25) is 0 Å². The first-order valence-corrected chi connectivity index (χ1v) is 3.42. The Bertz CT molecular complexity index is 38.2. The molecule has 1 saturated carbocycles. The lowest BCUT2D eigenvalue weighted by molar-refractivity contribution is 1.53. The number of hydrogen-bond donors (Lipinski definition) is 0. The van der Waals surface area contributed by atoms with E-state index in [2.05, 4.69) is 31.9 Å². The van der Waals surface area contributed by atoms with Gasteiger partial charge in [0.15, 0.2) is 0 Å². The van der Waals surface area contributed by atoms with Gasteiger partial charge in [-0.3, -0.25) is 0 Å². The highest BCUT2D eigenvalue weighted by Crippen LogP contribution is 2.36. The Morgan fingerprint density at radius 2 is 1.40 bits per heavy atom. The second kappa shape index (κ2) is 1.23. The molecule has 0 aromatic rings. The van der Waals surface area contributed by atoms with Crippen molar-refractivity contribution in [1.29, 1.82) is 0 Å². The molecule has 0 aromatic carbocycles. The zero-order valence-corrected chi connectivity index (χ0v) is 5.79. The molecule has 1 aliphatic carbocycles. The first-order valence-electron chi connectivity index (χ1n) is 1.59. The zero-order chi connectivity index (χ0) is 3.86. The number of halogens is 2. The molecule has 5 heavy (non-hydrogen) atoms. The van der Waals surface area contributed by atoms with Crippen LogP contribution < -0.4 is 0 Å². The minimum Gasteiger partial charge on any atom is -0.0878 e. The summed E-state index contributed by atoms with van der Waals surface area (Å²) >= 11 is 6.80. The van der Waals surface area contributed by atoms with Crippen LogP contribution in [-0.2, 0) is 0 Å². The van der Waals surface area contributed by atoms with Gasteiger partial charge in [-0.05, 0) is 6.42 Å². The van der Waals surface area contributed by atoms with Crippen LogP contribution in [0.2, 0.25) is 0 Å². The lowest BCUT2D eigenvalue weighted by atomic mass is 11.0. The van der Waals surface area contributed by atoms with Crippen LogP contribution in [0.25, 0.3) is 0 Å². The molecule has 0 spiro atoms. The maximum absolute atomic E-state index is 3.40. The second-order valence-electron chi connectivity index (χ2n) is 1.27. The standard InChI is InChI=1S/C3H4Br2/c4-2-1-3(2)5/h2-3H,1H2/t2-,3-/m1/s1. The van der Waals surface area contributed by atoms with Crippen LogP contribution >= 0.6 is 31.9 Å². The molecule has 1 fully saturated rings. The molecule has 1 aliphatic rings. The smallest absolute Gasteiger partial charge is 0.0282 e. The van der Waals surface area contributed by atoms with Gasteiger partial charge in [0.25, 0.3) is 0 Å². The summed E-state index contributed by atoms with van der Waals surface area (Å²) in [6.07, 6.45) is 1.31. The minimum absolute atomic E-state index is 0.780. The van der Waals surface area contributed by atoms with Gasteiger partial charge in [-0.15, -0.1) is 0 Å². The van der Waals surface area contributed by atoms with Gasteiger partial charge in [0, 0.05) is 9.65 Å². The molecule has 0 bridgehead atoms. The summed E-state index contributed by atoms with van der Waals surface area (Å²) in [5, 5.41) is 0. The van der Waals surface area contributed by atoms with E-state index in [0.717, 1.165) is 9.65 Å². The fraction of sp³-hybridized carbons (Fsp3) is 1.00. The number of alkyl halides is 2. The average molecular weight is 200 g/mol. The molecule has 0 amide bonds. The third-order valence-corrected chi connectivity index (χ3v) is 3.37. The number of hydrogen-bond acceptors (Lipinski definition) is 0. The largest absolute Gasteiger partial charge is 0.0878 e. The van der Waals surface area contributed by atoms with Crippen LogP contribution in [0.3, 0.4) is 0 Å². The molecule has 0 N–H and O–H groups in total. The van der Waals surface area contributed by atoms with Crippen molar-refractivity contribution < 1.29 is 0 Å². The summed E-state index contributed by atoms with van der Waals surface area (Å²) in [5.74, 6) is 0. The predicted molar refractivity (Wildman–Crippen MR) is 30.0 cm³/mol. The van der Waals surface area contributed by atoms with Gasteiger partial charge in [0.05, 0.1) is 0 Å². The average Bonchev–Trinajstić information content (AvgIpc) is 1.79. The molecule has 0 radical (unpaired) electrons. The van der Waals surface area contributed by atoms with Crippen LogP contribution in [0.4, 0.5) is 0 Å². The molecular weight excluding hydrogens is 196 g/mol. The Hall–Kier alpha value is 0.960. The highest BCUT2D eigenvalue weighted by atomic mass is 79.9. The fourth-order valence-electron chi connectivity index (χ4n) is 0.137. The second-order valence-corrected chi connectivity index (χ2v) is 3.62. The Morgan fingerprint density at radius 3 is 1.40 bits per heavy atom. The van der Waals surface area contributed by atoms with Gasteiger partial charge in [-0.25, -0.2) is 0 Å². The maximum atomic E-state index is 3.40. The molecule has 0 saturated heterocycles. The van der Waals surface area contributed by atoms with E-state index in [-0.39, 0.29) is 0 Å². The molecule has 2 atom stereocenters. The molecule has 0 aliphatic heterocycles. The maximum Gasteiger partial charge on any atom is 0.0282 e. The SMILES string of the molecule is Br[C@@H]1C[C@H]1Br. The van der Waals surface area contributed by atoms with Gasteiger partial charge >= 0.3 is 0 Å². The molecular formula is C3H4Br2. The van der Waals surface area contributed by atoms with Crippen molar-refractivity contribution in [2.24, 2.45) is 0 Å². The van der Waals surface area contributed by atoms with Crippen molar-refractivity contribution >= 4 is 31.9 Å². The van der Waals surface area contributed by atoms with Crippen molar-refractivity contribution in [2.75, 3.05) is 0 Å². The van der Waals surface area contributed by atoms with Crippen LogP contribution in [0.1, 0.15) is 6.42 Å². The summed E-state index contributed by atoms with van der Waals surface area (Å²) < 4.78 is 0. The van der Waals surface area contributed by atoms with E-state index in [0.29, 0.717) is 0 Å². The van der Waals surface area contributed by atoms with E-state index in [4.69, 9.17) is 0 Å². The van der Waals surface area contributed by atoms with Gasteiger partial charge in [0.1, 0.15) is 0 Å². The summed E-state index contributed by atoms with van der Waals surface area (Å²) in [6.45, 7) is 0. The third kappa shape index (κ3) is 0.897. The van der Waals surface area contributed by atoms with E-state index >= 15 is 0 Å². The Kier molecular flexibility index (Phi) is 1.01. The topological polar surface area (TPSA) is 0 Å². The summed E-state index contributed by atoms with van der Waals surface area (Å²) in [6, 6.07) is 0. The molecule has 0 aromatic heterocycles. The van der Waals surface area contributed by atoms with Gasteiger partial charge in [-0.2, -0.15) is 0 Å². The highest BCUT2D eigenvalue weighted by Gasteiger charge is 2.31. The van der Waals surface area contributed by atoms with Gasteiger partial charge < -0.3 is 0 Å². The Balaban J connectivity index is 2.20. The van der Waals surface area contributed by atoms with Crippen molar-refractivity contribution in [2.45, 2.75) is 16.1 Å². The van der Waals surface area contributed by atoms with Crippen LogP contribution in [0.15, 0.2) is 0 Å².